The summed E-state index contributed by atoms with van der Waals surface area (Å²) in [6.45, 7) is 3.97. The number of carbonyl (C=O) groups is 2. The summed E-state index contributed by atoms with van der Waals surface area (Å²) in [5, 5.41) is 13.3. The van der Waals surface area contributed by atoms with Crippen LogP contribution in [0.3, 0.4) is 0 Å². The molecule has 23 heavy (non-hydrogen) atoms. The lowest BCUT2D eigenvalue weighted by Crippen LogP contribution is -2.42. The molecule has 0 saturated carbocycles. The van der Waals surface area contributed by atoms with Crippen LogP contribution in [0.2, 0.25) is 0 Å². The summed E-state index contributed by atoms with van der Waals surface area (Å²) >= 11 is 1.25. The van der Waals surface area contributed by atoms with Gasteiger partial charge in [-0.1, -0.05) is 42.1 Å². The summed E-state index contributed by atoms with van der Waals surface area (Å²) in [5.74, 6) is 0.356. The van der Waals surface area contributed by atoms with Crippen molar-refractivity contribution in [3.8, 4) is 11.4 Å². The highest BCUT2D eigenvalue weighted by atomic mass is 32.2. The van der Waals surface area contributed by atoms with E-state index in [0.717, 1.165) is 11.4 Å². The first-order valence-electron chi connectivity index (χ1n) is 7.23. The van der Waals surface area contributed by atoms with Gasteiger partial charge in [-0.15, -0.1) is 10.2 Å². The Morgan fingerprint density at radius 3 is 2.61 bits per heavy atom. The molecule has 7 nitrogen and oxygen atoms in total. The number of benzene rings is 1. The molecule has 0 saturated heterocycles. The second-order valence-corrected chi connectivity index (χ2v) is 6.15. The highest BCUT2D eigenvalue weighted by Gasteiger charge is 2.20. The number of urea groups is 1. The third-order valence-corrected chi connectivity index (χ3v) is 4.23. The van der Waals surface area contributed by atoms with E-state index in [2.05, 4.69) is 20.8 Å². The maximum atomic E-state index is 12.0. The Labute approximate surface area is 138 Å². The third-order valence-electron chi connectivity index (χ3n) is 3.09. The van der Waals surface area contributed by atoms with Gasteiger partial charge in [-0.2, -0.15) is 0 Å². The van der Waals surface area contributed by atoms with Crippen LogP contribution in [0.1, 0.15) is 13.8 Å². The van der Waals surface area contributed by atoms with Crippen LogP contribution in [0.15, 0.2) is 35.5 Å². The average molecular weight is 333 g/mol. The summed E-state index contributed by atoms with van der Waals surface area (Å²) < 4.78 is 1.83. The molecular weight excluding hydrogens is 314 g/mol. The van der Waals surface area contributed by atoms with Crippen molar-refractivity contribution in [2.75, 3.05) is 6.54 Å². The lowest BCUT2D eigenvalue weighted by Gasteiger charge is -2.11. The summed E-state index contributed by atoms with van der Waals surface area (Å²) in [6, 6.07) is 9.20. The van der Waals surface area contributed by atoms with E-state index in [1.54, 1.807) is 13.8 Å². The van der Waals surface area contributed by atoms with Crippen molar-refractivity contribution < 1.29 is 9.59 Å². The van der Waals surface area contributed by atoms with Gasteiger partial charge < -0.3 is 9.88 Å². The summed E-state index contributed by atoms with van der Waals surface area (Å²) in [4.78, 5) is 23.4. The minimum atomic E-state index is -0.493. The molecule has 0 spiro atoms. The summed E-state index contributed by atoms with van der Waals surface area (Å²) in [5.41, 5.74) is 0.953. The Balaban J connectivity index is 2.05. The smallest absolute Gasteiger partial charge is 0.321 e. The fraction of sp³-hybridized carbons (Fsp3) is 0.333. The van der Waals surface area contributed by atoms with Crippen LogP contribution in [0, 0.1) is 0 Å². The van der Waals surface area contributed by atoms with E-state index < -0.39 is 11.3 Å². The van der Waals surface area contributed by atoms with Gasteiger partial charge in [0.05, 0.1) is 5.25 Å². The number of hydrogen-bond acceptors (Lipinski definition) is 5. The third kappa shape index (κ3) is 4.32. The first kappa shape index (κ1) is 17.0. The predicted molar refractivity (Wildman–Crippen MR) is 89.0 cm³/mol. The van der Waals surface area contributed by atoms with E-state index in [1.165, 1.54) is 11.8 Å². The quantitative estimate of drug-likeness (QED) is 0.815. The minimum Gasteiger partial charge on any atom is -0.338 e. The molecule has 0 radical (unpaired) electrons. The number of aromatic nitrogens is 3. The van der Waals surface area contributed by atoms with Crippen LogP contribution in [0.25, 0.3) is 11.4 Å². The first-order chi connectivity index (χ1) is 11.0. The van der Waals surface area contributed by atoms with E-state index in [-0.39, 0.29) is 5.91 Å². The molecule has 2 N–H and O–H groups in total. The van der Waals surface area contributed by atoms with E-state index in [0.29, 0.717) is 11.7 Å². The van der Waals surface area contributed by atoms with Crippen LogP contribution in [0.4, 0.5) is 4.79 Å². The lowest BCUT2D eigenvalue weighted by atomic mass is 10.2. The Morgan fingerprint density at radius 2 is 1.96 bits per heavy atom. The number of imide groups is 1. The number of carbonyl (C=O) groups excluding carboxylic acids is 2. The van der Waals surface area contributed by atoms with Gasteiger partial charge in [0, 0.05) is 19.2 Å². The molecule has 1 aromatic carbocycles. The number of amides is 3. The molecule has 0 aliphatic carbocycles. The number of hydrogen-bond donors (Lipinski definition) is 2. The predicted octanol–water partition coefficient (Wildman–Crippen LogP) is 1.81. The summed E-state index contributed by atoms with van der Waals surface area (Å²) in [6.07, 6.45) is 0. The number of rotatable bonds is 5. The molecule has 0 aliphatic heterocycles. The van der Waals surface area contributed by atoms with Gasteiger partial charge in [-0.3, -0.25) is 10.1 Å². The monoisotopic (exact) mass is 333 g/mol. The van der Waals surface area contributed by atoms with Gasteiger partial charge in [0.2, 0.25) is 5.91 Å². The van der Waals surface area contributed by atoms with Crippen LogP contribution >= 0.6 is 11.8 Å². The van der Waals surface area contributed by atoms with Crippen molar-refractivity contribution in [2.24, 2.45) is 7.05 Å². The molecule has 1 atom stereocenters. The van der Waals surface area contributed by atoms with Crippen LogP contribution in [0.5, 0.6) is 0 Å². The van der Waals surface area contributed by atoms with Crippen LogP contribution in [-0.2, 0) is 11.8 Å². The maximum absolute atomic E-state index is 12.0. The van der Waals surface area contributed by atoms with Crippen LogP contribution < -0.4 is 10.6 Å². The number of thioether (sulfide) groups is 1. The largest absolute Gasteiger partial charge is 0.338 e. The molecule has 2 aromatic rings. The topological polar surface area (TPSA) is 88.9 Å². The zero-order chi connectivity index (χ0) is 16.8. The van der Waals surface area contributed by atoms with Crippen molar-refractivity contribution in [3.63, 3.8) is 0 Å². The first-order valence-corrected chi connectivity index (χ1v) is 8.11. The molecular formula is C15H19N5O2S. The van der Waals surface area contributed by atoms with E-state index >= 15 is 0 Å². The molecule has 122 valence electrons. The Hall–Kier alpha value is -2.35. The Bertz CT molecular complexity index is 686. The highest BCUT2D eigenvalue weighted by molar-refractivity contribution is 8.00. The molecule has 0 bridgehead atoms. The van der Waals surface area contributed by atoms with E-state index in [4.69, 9.17) is 0 Å². The van der Waals surface area contributed by atoms with Gasteiger partial charge in [-0.25, -0.2) is 4.79 Å². The van der Waals surface area contributed by atoms with E-state index in [9.17, 15) is 9.59 Å². The molecule has 8 heteroatoms. The zero-order valence-corrected chi connectivity index (χ0v) is 14.1. The normalized spacial score (nSPS) is 11.8. The standard InChI is InChI=1S/C15H19N5O2S/c1-4-16-14(22)17-13(21)10(2)23-15-19-18-12(20(15)3)11-8-6-5-7-9-11/h5-10H,4H2,1-3H3,(H2,16,17,21,22). The fourth-order valence-electron chi connectivity index (χ4n) is 1.89. The molecule has 0 aliphatic rings. The molecule has 0 fully saturated rings. The Morgan fingerprint density at radius 1 is 1.26 bits per heavy atom. The van der Waals surface area contributed by atoms with Gasteiger partial charge >= 0.3 is 6.03 Å². The Kier molecular flexibility index (Phi) is 5.75. The maximum Gasteiger partial charge on any atom is 0.321 e. The minimum absolute atomic E-state index is 0.370. The molecule has 1 aromatic heterocycles. The second-order valence-electron chi connectivity index (χ2n) is 4.84. The van der Waals surface area contributed by atoms with Crippen LogP contribution in [-0.4, -0.2) is 38.5 Å². The molecule has 1 unspecified atom stereocenters. The number of nitrogens with zero attached hydrogens (tertiary/aromatic N) is 3. The zero-order valence-electron chi connectivity index (χ0n) is 13.2. The summed E-state index contributed by atoms with van der Waals surface area (Å²) in [7, 11) is 1.85. The van der Waals surface area contributed by atoms with Gasteiger partial charge in [0.15, 0.2) is 11.0 Å². The van der Waals surface area contributed by atoms with Gasteiger partial charge in [-0.05, 0) is 13.8 Å². The van der Waals surface area contributed by atoms with Crippen molar-refractivity contribution in [3.05, 3.63) is 30.3 Å². The van der Waals surface area contributed by atoms with E-state index in [1.807, 2.05) is 41.9 Å². The van der Waals surface area contributed by atoms with Crippen molar-refractivity contribution in [1.29, 1.82) is 0 Å². The van der Waals surface area contributed by atoms with Gasteiger partial charge in [0.25, 0.3) is 0 Å². The fourth-order valence-corrected chi connectivity index (χ4v) is 2.70. The van der Waals surface area contributed by atoms with Gasteiger partial charge in [0.1, 0.15) is 0 Å². The molecule has 1 heterocycles. The molecule has 3 amide bonds. The average Bonchev–Trinajstić information content (AvgIpc) is 2.89. The lowest BCUT2D eigenvalue weighted by molar-refractivity contribution is -0.119. The van der Waals surface area contributed by atoms with Crippen molar-refractivity contribution in [2.45, 2.75) is 24.3 Å². The molecule has 2 rings (SSSR count). The van der Waals surface area contributed by atoms with Crippen molar-refractivity contribution in [1.82, 2.24) is 25.4 Å². The van der Waals surface area contributed by atoms with Crippen molar-refractivity contribution >= 4 is 23.7 Å². The second kappa shape index (κ2) is 7.77. The number of nitrogens with one attached hydrogen (secondary N) is 2. The highest BCUT2D eigenvalue weighted by Crippen LogP contribution is 2.25. The SMILES string of the molecule is CCNC(=O)NC(=O)C(C)Sc1nnc(-c2ccccc2)n1C.